The van der Waals surface area contributed by atoms with E-state index in [9.17, 15) is 9.59 Å². The minimum atomic E-state index is -0.382. The van der Waals surface area contributed by atoms with Crippen LogP contribution >= 0.6 is 0 Å². The first-order valence-electron chi connectivity index (χ1n) is 12.9. The van der Waals surface area contributed by atoms with E-state index in [0.29, 0.717) is 11.1 Å². The molecule has 0 fully saturated rings. The highest BCUT2D eigenvalue weighted by atomic mass is 16.5. The zero-order chi connectivity index (χ0) is 27.9. The van der Waals surface area contributed by atoms with Crippen LogP contribution in [0.25, 0.3) is 48.6 Å². The van der Waals surface area contributed by atoms with E-state index < -0.39 is 0 Å². The number of methoxy groups -OCH3 is 2. The van der Waals surface area contributed by atoms with E-state index in [-0.39, 0.29) is 11.9 Å². The highest BCUT2D eigenvalue weighted by Gasteiger charge is 2.07. The molecule has 4 aromatic carbocycles. The molecule has 0 radical (unpaired) electrons. The molecule has 0 atom stereocenters. The third-order valence-corrected chi connectivity index (χ3v) is 6.69. The molecule has 196 valence electrons. The van der Waals surface area contributed by atoms with Crippen LogP contribution in [0.2, 0.25) is 0 Å². The zero-order valence-electron chi connectivity index (χ0n) is 22.3. The first kappa shape index (κ1) is 26.4. The van der Waals surface area contributed by atoms with Crippen LogP contribution in [0, 0.1) is 0 Å². The van der Waals surface area contributed by atoms with Crippen LogP contribution in [-0.2, 0) is 9.47 Å². The third kappa shape index (κ3) is 6.25. The molecule has 4 nitrogen and oxygen atoms in total. The van der Waals surface area contributed by atoms with Gasteiger partial charge in [0, 0.05) is 0 Å². The number of carbonyl (C=O) groups is 2. The van der Waals surface area contributed by atoms with Crippen LogP contribution in [0.4, 0.5) is 0 Å². The molecule has 0 saturated carbocycles. The van der Waals surface area contributed by atoms with E-state index >= 15 is 0 Å². The number of hydrogen-bond donors (Lipinski definition) is 0. The van der Waals surface area contributed by atoms with Gasteiger partial charge < -0.3 is 9.47 Å². The summed E-state index contributed by atoms with van der Waals surface area (Å²) in [6.07, 6.45) is 15.7. The van der Waals surface area contributed by atoms with E-state index in [1.54, 1.807) is 0 Å². The van der Waals surface area contributed by atoms with Crippen molar-refractivity contribution in [1.82, 2.24) is 0 Å². The third-order valence-electron chi connectivity index (χ3n) is 6.69. The number of hydrogen-bond acceptors (Lipinski definition) is 4. The smallest absolute Gasteiger partial charge is 0.338 e. The van der Waals surface area contributed by atoms with Gasteiger partial charge in [0.25, 0.3) is 0 Å². The quantitative estimate of drug-likeness (QED) is 0.361. The molecular weight excluding hydrogens is 496 g/mol. The lowest BCUT2D eigenvalue weighted by molar-refractivity contribution is 0.0590. The Bertz CT molecular complexity index is 1920. The molecule has 0 saturated heterocycles. The van der Waals surface area contributed by atoms with Crippen LogP contribution in [0.3, 0.4) is 0 Å². The lowest BCUT2D eigenvalue weighted by Crippen LogP contribution is -2.21. The first-order valence-corrected chi connectivity index (χ1v) is 12.9. The fourth-order valence-electron chi connectivity index (χ4n) is 4.41. The van der Waals surface area contributed by atoms with Crippen LogP contribution in [0.1, 0.15) is 20.7 Å². The second-order valence-electron chi connectivity index (χ2n) is 9.34. The predicted molar refractivity (Wildman–Crippen MR) is 161 cm³/mol. The number of carbonyl (C=O) groups excluding carboxylic acids is 2. The summed E-state index contributed by atoms with van der Waals surface area (Å²) in [5.41, 5.74) is 1.00. The van der Waals surface area contributed by atoms with Gasteiger partial charge in [-0.05, 0) is 53.9 Å². The second-order valence-corrected chi connectivity index (χ2v) is 9.34. The number of esters is 2. The van der Waals surface area contributed by atoms with Crippen molar-refractivity contribution in [3.63, 3.8) is 0 Å². The summed E-state index contributed by atoms with van der Waals surface area (Å²) in [6.45, 7) is 0. The van der Waals surface area contributed by atoms with Crippen molar-refractivity contribution in [1.29, 1.82) is 0 Å². The van der Waals surface area contributed by atoms with Crippen molar-refractivity contribution < 1.29 is 19.1 Å². The fourth-order valence-corrected chi connectivity index (χ4v) is 4.41. The molecule has 4 heteroatoms. The summed E-state index contributed by atoms with van der Waals surface area (Å²) in [6, 6.07) is 27.7. The van der Waals surface area contributed by atoms with Crippen molar-refractivity contribution in [2.24, 2.45) is 0 Å². The standard InChI is InChI=1S/C36H28O4/c1-39-35(37)33-23-29-13-11-25-3-5-26(6-4-25)12-14-30-18-22-32(34(24-30)36(38)40-2)20-16-28-9-7-27(8-10-28)15-19-31(33)21-17-29/h3-24H,1-2H3/b13-11?,14-12?,19-15?,20-16?,25-11?,26-12?,27-15?,28-16?,29-13-,30-14+,31-19-,32-20+. The van der Waals surface area contributed by atoms with E-state index in [4.69, 9.17) is 9.47 Å². The normalized spacial score (nSPS) is 15.4. The predicted octanol–water partition coefficient (Wildman–Crippen LogP) is 0.618. The van der Waals surface area contributed by atoms with Gasteiger partial charge >= 0.3 is 11.9 Å². The molecule has 10 aliphatic carbocycles. The van der Waals surface area contributed by atoms with Crippen LogP contribution in [-0.4, -0.2) is 26.2 Å². The summed E-state index contributed by atoms with van der Waals surface area (Å²) in [7, 11) is 2.78. The van der Waals surface area contributed by atoms with Crippen LogP contribution in [0.15, 0.2) is 84.9 Å². The summed E-state index contributed by atoms with van der Waals surface area (Å²) in [5.74, 6) is -0.765. The van der Waals surface area contributed by atoms with Gasteiger partial charge in [-0.3, -0.25) is 0 Å². The molecule has 0 aromatic heterocycles. The summed E-state index contributed by atoms with van der Waals surface area (Å²) >= 11 is 0. The van der Waals surface area contributed by atoms with Crippen molar-refractivity contribution in [3.05, 3.63) is 138 Å². The summed E-state index contributed by atoms with van der Waals surface area (Å²) in [4.78, 5) is 25.1. The minimum Gasteiger partial charge on any atom is -0.465 e. The highest BCUT2D eigenvalue weighted by Crippen LogP contribution is 1.94. The van der Waals surface area contributed by atoms with Crippen molar-refractivity contribution in [2.75, 3.05) is 14.2 Å². The van der Waals surface area contributed by atoms with E-state index in [1.165, 1.54) is 14.2 Å². The molecule has 0 N–H and O–H groups in total. The van der Waals surface area contributed by atoms with Gasteiger partial charge in [0.1, 0.15) is 0 Å². The van der Waals surface area contributed by atoms with Crippen molar-refractivity contribution in [3.8, 4) is 0 Å². The molecule has 4 aromatic rings. The molecule has 0 spiro atoms. The summed E-state index contributed by atoms with van der Waals surface area (Å²) in [5, 5.41) is 7.39. The van der Waals surface area contributed by atoms with Crippen molar-refractivity contribution >= 4 is 60.5 Å². The minimum absolute atomic E-state index is 0.382. The molecule has 0 heterocycles. The van der Waals surface area contributed by atoms with Gasteiger partial charge in [0.2, 0.25) is 0 Å². The molecule has 0 amide bonds. The van der Waals surface area contributed by atoms with Gasteiger partial charge in [0.05, 0.1) is 25.3 Å². The Balaban J connectivity index is 1.76. The topological polar surface area (TPSA) is 52.6 Å². The molecule has 14 rings (SSSR count). The Labute approximate surface area is 231 Å². The van der Waals surface area contributed by atoms with Crippen LogP contribution in [0.5, 0.6) is 0 Å². The largest absolute Gasteiger partial charge is 0.465 e. The number of ether oxygens (including phenoxy) is 2. The van der Waals surface area contributed by atoms with Crippen molar-refractivity contribution in [2.45, 2.75) is 0 Å². The maximum atomic E-state index is 12.5. The molecule has 0 aliphatic heterocycles. The SMILES string of the molecule is COC(=O)c1c/c2cc/c1=C/C=c1ccc(cc1)=C/C=c1\cc/c(cc1C(=O)OC)=C\C=c1ccc(cc1)=C/C=2. The Morgan fingerprint density at radius 2 is 0.675 bits per heavy atom. The van der Waals surface area contributed by atoms with Gasteiger partial charge in [-0.2, -0.15) is 0 Å². The van der Waals surface area contributed by atoms with Crippen LogP contribution < -0.4 is 41.7 Å². The Kier molecular flexibility index (Phi) is 7.98. The molecule has 0 unspecified atom stereocenters. The Hall–Kier alpha value is -5.22. The van der Waals surface area contributed by atoms with Gasteiger partial charge in [-0.25, -0.2) is 9.59 Å². The fraction of sp³-hybridized carbons (Fsp3) is 0.0556. The summed E-state index contributed by atoms with van der Waals surface area (Å²) < 4.78 is 10.1. The molecule has 8 bridgehead atoms. The molecule has 10 aliphatic rings. The maximum absolute atomic E-state index is 12.5. The van der Waals surface area contributed by atoms with E-state index in [2.05, 4.69) is 0 Å². The second kappa shape index (κ2) is 12.1. The zero-order valence-corrected chi connectivity index (χ0v) is 22.3. The number of benzene rings is 4. The monoisotopic (exact) mass is 524 g/mol. The van der Waals surface area contributed by atoms with E-state index in [1.807, 2.05) is 134 Å². The lowest BCUT2D eigenvalue weighted by atomic mass is 10.1. The molecule has 40 heavy (non-hydrogen) atoms. The average molecular weight is 525 g/mol. The highest BCUT2D eigenvalue weighted by molar-refractivity contribution is 5.91. The van der Waals surface area contributed by atoms with Gasteiger partial charge in [-0.1, -0.05) is 121 Å². The van der Waals surface area contributed by atoms with Gasteiger partial charge in [0.15, 0.2) is 0 Å². The number of rotatable bonds is 2. The lowest BCUT2D eigenvalue weighted by Gasteiger charge is -2.01. The first-order chi connectivity index (χ1) is 19.5. The Morgan fingerprint density at radius 3 is 1.00 bits per heavy atom. The molecular formula is C36H28O4. The van der Waals surface area contributed by atoms with E-state index in [0.717, 1.165) is 41.7 Å². The maximum Gasteiger partial charge on any atom is 0.338 e. The average Bonchev–Trinajstić information content (AvgIpc) is 3.01. The van der Waals surface area contributed by atoms with Gasteiger partial charge in [-0.15, -0.1) is 0 Å². The Morgan fingerprint density at radius 1 is 0.400 bits per heavy atom.